The molecular formula is C16H25F2NO. The van der Waals surface area contributed by atoms with Gasteiger partial charge < -0.3 is 10.1 Å². The Morgan fingerprint density at radius 3 is 2.55 bits per heavy atom. The van der Waals surface area contributed by atoms with Crippen LogP contribution in [-0.4, -0.2) is 19.8 Å². The van der Waals surface area contributed by atoms with E-state index < -0.39 is 11.6 Å². The fraction of sp³-hybridized carbons (Fsp3) is 0.625. The summed E-state index contributed by atoms with van der Waals surface area (Å²) in [4.78, 5) is 0. The Morgan fingerprint density at radius 2 is 1.90 bits per heavy atom. The lowest BCUT2D eigenvalue weighted by Gasteiger charge is -2.21. The summed E-state index contributed by atoms with van der Waals surface area (Å²) in [6.45, 7) is 7.63. The minimum atomic E-state index is -0.489. The van der Waals surface area contributed by atoms with Crippen molar-refractivity contribution >= 4 is 0 Å². The van der Waals surface area contributed by atoms with Gasteiger partial charge in [-0.1, -0.05) is 19.9 Å². The second-order valence-electron chi connectivity index (χ2n) is 5.00. The molecule has 1 unspecified atom stereocenters. The lowest BCUT2D eigenvalue weighted by atomic mass is 10.00. The summed E-state index contributed by atoms with van der Waals surface area (Å²) in [5, 5.41) is 3.21. The maximum absolute atomic E-state index is 14.2. The molecule has 0 spiro atoms. The zero-order chi connectivity index (χ0) is 15.0. The topological polar surface area (TPSA) is 21.3 Å². The molecule has 2 nitrogen and oxygen atoms in total. The Labute approximate surface area is 120 Å². The standard InChI is InChI=1S/C16H25F2NO/c1-4-9-19-14(8-11-20-10-5-2)15-13(17)7-6-12(3)16(15)18/h6-7,14,19H,4-5,8-11H2,1-3H3. The molecule has 1 N–H and O–H groups in total. The monoisotopic (exact) mass is 285 g/mol. The van der Waals surface area contributed by atoms with Crippen LogP contribution in [0.3, 0.4) is 0 Å². The molecule has 0 amide bonds. The van der Waals surface area contributed by atoms with E-state index in [4.69, 9.17) is 4.74 Å². The number of nitrogens with one attached hydrogen (secondary N) is 1. The van der Waals surface area contributed by atoms with Crippen LogP contribution < -0.4 is 5.32 Å². The summed E-state index contributed by atoms with van der Waals surface area (Å²) in [6.07, 6.45) is 2.43. The molecule has 1 atom stereocenters. The van der Waals surface area contributed by atoms with E-state index in [0.29, 0.717) is 25.2 Å². The lowest BCUT2D eigenvalue weighted by molar-refractivity contribution is 0.124. The quantitative estimate of drug-likeness (QED) is 0.689. The highest BCUT2D eigenvalue weighted by molar-refractivity contribution is 5.29. The first-order valence-electron chi connectivity index (χ1n) is 7.37. The summed E-state index contributed by atoms with van der Waals surface area (Å²) in [5.74, 6) is -0.939. The van der Waals surface area contributed by atoms with Crippen molar-refractivity contribution in [2.24, 2.45) is 0 Å². The van der Waals surface area contributed by atoms with Gasteiger partial charge in [-0.25, -0.2) is 8.78 Å². The molecule has 0 heterocycles. The molecule has 0 saturated carbocycles. The van der Waals surface area contributed by atoms with Gasteiger partial charge in [-0.05, 0) is 44.4 Å². The van der Waals surface area contributed by atoms with Crippen LogP contribution in [0.15, 0.2) is 12.1 Å². The summed E-state index contributed by atoms with van der Waals surface area (Å²) in [6, 6.07) is 2.46. The molecule has 0 radical (unpaired) electrons. The zero-order valence-corrected chi connectivity index (χ0v) is 12.6. The number of halogens is 2. The van der Waals surface area contributed by atoms with Crippen LogP contribution in [-0.2, 0) is 4.74 Å². The molecule has 0 aliphatic carbocycles. The van der Waals surface area contributed by atoms with Crippen molar-refractivity contribution in [3.8, 4) is 0 Å². The van der Waals surface area contributed by atoms with Gasteiger partial charge in [-0.15, -0.1) is 0 Å². The normalized spacial score (nSPS) is 12.7. The van der Waals surface area contributed by atoms with Gasteiger partial charge in [-0.2, -0.15) is 0 Å². The largest absolute Gasteiger partial charge is 0.381 e. The third-order valence-electron chi connectivity index (χ3n) is 3.21. The summed E-state index contributed by atoms with van der Waals surface area (Å²) in [5.41, 5.74) is 0.609. The van der Waals surface area contributed by atoms with Crippen LogP contribution >= 0.6 is 0 Å². The van der Waals surface area contributed by atoms with Crippen molar-refractivity contribution < 1.29 is 13.5 Å². The van der Waals surface area contributed by atoms with Crippen LogP contribution in [0.25, 0.3) is 0 Å². The average molecular weight is 285 g/mol. The van der Waals surface area contributed by atoms with Gasteiger partial charge in [-0.3, -0.25) is 0 Å². The van der Waals surface area contributed by atoms with Crippen molar-refractivity contribution in [1.82, 2.24) is 5.32 Å². The Morgan fingerprint density at radius 1 is 1.15 bits per heavy atom. The highest BCUT2D eigenvalue weighted by Gasteiger charge is 2.20. The molecule has 1 aromatic rings. The van der Waals surface area contributed by atoms with Gasteiger partial charge in [0, 0.05) is 24.8 Å². The Balaban J connectivity index is 2.83. The van der Waals surface area contributed by atoms with Crippen LogP contribution in [0.2, 0.25) is 0 Å². The van der Waals surface area contributed by atoms with Crippen molar-refractivity contribution in [1.29, 1.82) is 0 Å². The van der Waals surface area contributed by atoms with Crippen molar-refractivity contribution in [3.63, 3.8) is 0 Å². The molecule has 0 aromatic heterocycles. The predicted octanol–water partition coefficient (Wildman–Crippen LogP) is 4.13. The third-order valence-corrected chi connectivity index (χ3v) is 3.21. The smallest absolute Gasteiger partial charge is 0.133 e. The summed E-state index contributed by atoms with van der Waals surface area (Å²) in [7, 11) is 0. The fourth-order valence-electron chi connectivity index (χ4n) is 2.11. The summed E-state index contributed by atoms with van der Waals surface area (Å²) < 4.78 is 33.6. The van der Waals surface area contributed by atoms with E-state index >= 15 is 0 Å². The molecule has 4 heteroatoms. The van der Waals surface area contributed by atoms with E-state index in [1.165, 1.54) is 12.1 Å². The molecule has 0 bridgehead atoms. The SMILES string of the molecule is CCCNC(CCOCCC)c1c(F)ccc(C)c1F. The molecule has 0 aliphatic rings. The minimum Gasteiger partial charge on any atom is -0.381 e. The van der Waals surface area contributed by atoms with E-state index in [2.05, 4.69) is 5.32 Å². The molecule has 114 valence electrons. The first-order valence-corrected chi connectivity index (χ1v) is 7.37. The first-order chi connectivity index (χ1) is 9.61. The minimum absolute atomic E-state index is 0.138. The number of rotatable bonds is 9. The summed E-state index contributed by atoms with van der Waals surface area (Å²) >= 11 is 0. The molecule has 1 rings (SSSR count). The van der Waals surface area contributed by atoms with Gasteiger partial charge in [0.15, 0.2) is 0 Å². The van der Waals surface area contributed by atoms with E-state index in [0.717, 1.165) is 19.4 Å². The Bertz CT molecular complexity index is 410. The molecule has 1 aromatic carbocycles. The molecule has 0 saturated heterocycles. The van der Waals surface area contributed by atoms with E-state index in [9.17, 15) is 8.78 Å². The number of hydrogen-bond acceptors (Lipinski definition) is 2. The van der Waals surface area contributed by atoms with Crippen LogP contribution in [0.1, 0.15) is 50.3 Å². The molecular weight excluding hydrogens is 260 g/mol. The van der Waals surface area contributed by atoms with Gasteiger partial charge in [0.2, 0.25) is 0 Å². The van der Waals surface area contributed by atoms with Crippen LogP contribution in [0.4, 0.5) is 8.78 Å². The number of aryl methyl sites for hydroxylation is 1. The van der Waals surface area contributed by atoms with Crippen LogP contribution in [0.5, 0.6) is 0 Å². The van der Waals surface area contributed by atoms with Crippen molar-refractivity contribution in [2.45, 2.75) is 46.1 Å². The molecule has 20 heavy (non-hydrogen) atoms. The van der Waals surface area contributed by atoms with Gasteiger partial charge in [0.25, 0.3) is 0 Å². The highest BCUT2D eigenvalue weighted by atomic mass is 19.1. The third kappa shape index (κ3) is 4.84. The maximum Gasteiger partial charge on any atom is 0.133 e. The van der Waals surface area contributed by atoms with Gasteiger partial charge >= 0.3 is 0 Å². The average Bonchev–Trinajstić information content (AvgIpc) is 2.44. The highest BCUT2D eigenvalue weighted by Crippen LogP contribution is 2.25. The Hall–Kier alpha value is -1.00. The molecule has 0 fully saturated rings. The van der Waals surface area contributed by atoms with E-state index in [1.807, 2.05) is 13.8 Å². The van der Waals surface area contributed by atoms with Gasteiger partial charge in [0.1, 0.15) is 11.6 Å². The van der Waals surface area contributed by atoms with Crippen LogP contribution in [0, 0.1) is 18.6 Å². The van der Waals surface area contributed by atoms with Crippen molar-refractivity contribution in [2.75, 3.05) is 19.8 Å². The molecule has 0 aliphatic heterocycles. The van der Waals surface area contributed by atoms with Gasteiger partial charge in [0.05, 0.1) is 0 Å². The predicted molar refractivity (Wildman–Crippen MR) is 77.9 cm³/mol. The second-order valence-corrected chi connectivity index (χ2v) is 5.00. The van der Waals surface area contributed by atoms with E-state index in [1.54, 1.807) is 6.92 Å². The van der Waals surface area contributed by atoms with E-state index in [-0.39, 0.29) is 11.6 Å². The Kier molecular flexibility index (Phi) is 7.70. The zero-order valence-electron chi connectivity index (χ0n) is 12.6. The first kappa shape index (κ1) is 17.1. The fourth-order valence-corrected chi connectivity index (χ4v) is 2.11. The lowest BCUT2D eigenvalue weighted by Crippen LogP contribution is -2.26. The maximum atomic E-state index is 14.2. The number of benzene rings is 1. The number of hydrogen-bond donors (Lipinski definition) is 1. The second kappa shape index (κ2) is 9.03. The van der Waals surface area contributed by atoms with Crippen molar-refractivity contribution in [3.05, 3.63) is 34.9 Å². The number of ether oxygens (including phenoxy) is 1.